The molecule has 1 atom stereocenters. The molecule has 0 spiro atoms. The number of rotatable bonds is 5. The average molecular weight is 413 g/mol. The van der Waals surface area contributed by atoms with Crippen LogP contribution < -0.4 is 5.56 Å². The molecule has 1 saturated heterocycles. The molecule has 0 saturated carbocycles. The zero-order chi connectivity index (χ0) is 21.2. The number of aromatic amines is 1. The lowest BCUT2D eigenvalue weighted by Crippen LogP contribution is -2.37. The number of nitrogens with one attached hydrogen (secondary N) is 1. The van der Waals surface area contributed by atoms with Gasteiger partial charge in [0, 0.05) is 18.7 Å². The number of para-hydroxylation sites is 1. The first kappa shape index (κ1) is 19.5. The number of aromatic nitrogens is 2. The van der Waals surface area contributed by atoms with Crippen LogP contribution in [0.5, 0.6) is 0 Å². The van der Waals surface area contributed by atoms with Crippen molar-refractivity contribution in [3.63, 3.8) is 0 Å². The quantitative estimate of drug-likeness (QED) is 0.539. The molecule has 1 amide bonds. The van der Waals surface area contributed by atoms with Crippen molar-refractivity contribution in [2.75, 3.05) is 13.2 Å². The number of benzene rings is 3. The van der Waals surface area contributed by atoms with Crippen molar-refractivity contribution >= 4 is 27.6 Å². The van der Waals surface area contributed by atoms with Gasteiger partial charge < -0.3 is 14.6 Å². The van der Waals surface area contributed by atoms with Gasteiger partial charge in [-0.25, -0.2) is 4.98 Å². The van der Waals surface area contributed by atoms with Gasteiger partial charge in [-0.3, -0.25) is 9.59 Å². The first-order valence-corrected chi connectivity index (χ1v) is 10.5. The molecule has 1 aromatic heterocycles. The van der Waals surface area contributed by atoms with Crippen LogP contribution in [-0.2, 0) is 11.3 Å². The maximum Gasteiger partial charge on any atom is 0.258 e. The largest absolute Gasteiger partial charge is 0.376 e. The van der Waals surface area contributed by atoms with E-state index in [1.54, 1.807) is 11.0 Å². The normalized spacial score (nSPS) is 16.1. The number of amides is 1. The van der Waals surface area contributed by atoms with Crippen LogP contribution in [0.1, 0.15) is 29.0 Å². The van der Waals surface area contributed by atoms with E-state index in [1.807, 2.05) is 60.7 Å². The predicted octanol–water partition coefficient (Wildman–Crippen LogP) is 3.90. The first-order valence-electron chi connectivity index (χ1n) is 10.5. The summed E-state index contributed by atoms with van der Waals surface area (Å²) in [5.74, 6) is 0.368. The van der Waals surface area contributed by atoms with Gasteiger partial charge in [-0.05, 0) is 47.9 Å². The van der Waals surface area contributed by atoms with Crippen molar-refractivity contribution in [3.05, 3.63) is 88.5 Å². The number of hydrogen-bond donors (Lipinski definition) is 1. The third-order valence-corrected chi connectivity index (χ3v) is 5.73. The topological polar surface area (TPSA) is 75.3 Å². The lowest BCUT2D eigenvalue weighted by Gasteiger charge is -2.25. The molecule has 0 radical (unpaired) electrons. The van der Waals surface area contributed by atoms with E-state index >= 15 is 0 Å². The van der Waals surface area contributed by atoms with Crippen molar-refractivity contribution in [3.8, 4) is 0 Å². The number of H-pyrrole nitrogens is 1. The van der Waals surface area contributed by atoms with Crippen LogP contribution in [0.4, 0.5) is 0 Å². The molecule has 1 fully saturated rings. The van der Waals surface area contributed by atoms with Crippen molar-refractivity contribution in [2.24, 2.45) is 0 Å². The van der Waals surface area contributed by atoms with Crippen LogP contribution in [0.25, 0.3) is 21.7 Å². The van der Waals surface area contributed by atoms with Gasteiger partial charge in [-0.15, -0.1) is 0 Å². The Morgan fingerprint density at radius 3 is 2.71 bits per heavy atom. The highest BCUT2D eigenvalue weighted by Gasteiger charge is 2.24. The Bertz CT molecular complexity index is 1310. The highest BCUT2D eigenvalue weighted by atomic mass is 16.5. The Balaban J connectivity index is 1.48. The van der Waals surface area contributed by atoms with Gasteiger partial charge in [-0.2, -0.15) is 0 Å². The van der Waals surface area contributed by atoms with E-state index in [9.17, 15) is 9.59 Å². The number of hydrogen-bond acceptors (Lipinski definition) is 4. The van der Waals surface area contributed by atoms with Gasteiger partial charge in [0.2, 0.25) is 0 Å². The molecular weight excluding hydrogens is 390 g/mol. The Kier molecular flexibility index (Phi) is 5.22. The third-order valence-electron chi connectivity index (χ3n) is 5.73. The van der Waals surface area contributed by atoms with E-state index < -0.39 is 0 Å². The minimum Gasteiger partial charge on any atom is -0.376 e. The Hall–Kier alpha value is -3.51. The molecule has 0 aliphatic carbocycles. The highest BCUT2D eigenvalue weighted by Crippen LogP contribution is 2.20. The predicted molar refractivity (Wildman–Crippen MR) is 120 cm³/mol. The van der Waals surface area contributed by atoms with Crippen LogP contribution in [-0.4, -0.2) is 40.0 Å². The number of carbonyl (C=O) groups excluding carboxylic acids is 1. The minimum atomic E-state index is -0.198. The summed E-state index contributed by atoms with van der Waals surface area (Å²) in [7, 11) is 0. The van der Waals surface area contributed by atoms with E-state index in [0.29, 0.717) is 35.4 Å². The second-order valence-electron chi connectivity index (χ2n) is 7.91. The van der Waals surface area contributed by atoms with E-state index in [0.717, 1.165) is 23.6 Å². The summed E-state index contributed by atoms with van der Waals surface area (Å²) in [4.78, 5) is 35.1. The molecule has 2 heterocycles. The summed E-state index contributed by atoms with van der Waals surface area (Å²) in [5.41, 5.74) is 1.03. The minimum absolute atomic E-state index is 0.00316. The molecule has 1 unspecified atom stereocenters. The average Bonchev–Trinajstić information content (AvgIpc) is 3.31. The van der Waals surface area contributed by atoms with Crippen molar-refractivity contribution in [1.82, 2.24) is 14.9 Å². The number of fused-ring (bicyclic) bond motifs is 2. The second kappa shape index (κ2) is 8.32. The molecule has 6 heteroatoms. The molecular formula is C25H23N3O3. The van der Waals surface area contributed by atoms with E-state index in [1.165, 1.54) is 0 Å². The van der Waals surface area contributed by atoms with Crippen molar-refractivity contribution in [1.29, 1.82) is 0 Å². The second-order valence-corrected chi connectivity index (χ2v) is 7.91. The summed E-state index contributed by atoms with van der Waals surface area (Å²) in [6, 6.07) is 20.9. The van der Waals surface area contributed by atoms with Gasteiger partial charge in [-0.1, -0.05) is 42.5 Å². The molecule has 156 valence electrons. The summed E-state index contributed by atoms with van der Waals surface area (Å²) in [5, 5.41) is 2.64. The van der Waals surface area contributed by atoms with Crippen molar-refractivity contribution in [2.45, 2.75) is 25.5 Å². The number of nitrogens with zero attached hydrogens (tertiary/aromatic N) is 2. The molecule has 4 aromatic rings. The Labute approximate surface area is 179 Å². The van der Waals surface area contributed by atoms with Crippen LogP contribution >= 0.6 is 0 Å². The lowest BCUT2D eigenvalue weighted by molar-refractivity contribution is 0.0501. The maximum atomic E-state index is 13.5. The summed E-state index contributed by atoms with van der Waals surface area (Å²) >= 11 is 0. The Morgan fingerprint density at radius 1 is 1.06 bits per heavy atom. The van der Waals surface area contributed by atoms with Crippen LogP contribution in [0.15, 0.2) is 71.5 Å². The van der Waals surface area contributed by atoms with Gasteiger partial charge in [0.15, 0.2) is 0 Å². The van der Waals surface area contributed by atoms with Crippen LogP contribution in [0.3, 0.4) is 0 Å². The van der Waals surface area contributed by atoms with Gasteiger partial charge in [0.05, 0.1) is 23.6 Å². The standard InChI is InChI=1S/C25H23N3O3/c29-24-21-9-3-4-10-22(21)26-23(27-24)16-28(15-20-8-5-13-31-20)25(30)19-12-11-17-6-1-2-7-18(17)14-19/h1-4,6-7,9-12,14,20H,5,8,13,15-16H2,(H,26,27,29). The van der Waals surface area contributed by atoms with Gasteiger partial charge in [0.1, 0.15) is 5.82 Å². The summed E-state index contributed by atoms with van der Waals surface area (Å²) in [6.45, 7) is 1.39. The molecule has 1 N–H and O–H groups in total. The van der Waals surface area contributed by atoms with E-state index in [2.05, 4.69) is 9.97 Å². The Morgan fingerprint density at radius 2 is 1.87 bits per heavy atom. The SMILES string of the molecule is O=C(c1ccc2ccccc2c1)N(Cc1nc2ccccc2c(=O)[nH]1)CC1CCCO1. The molecule has 31 heavy (non-hydrogen) atoms. The fourth-order valence-corrected chi connectivity index (χ4v) is 4.15. The molecule has 0 bridgehead atoms. The lowest BCUT2D eigenvalue weighted by atomic mass is 10.1. The maximum absolute atomic E-state index is 13.5. The van der Waals surface area contributed by atoms with Gasteiger partial charge >= 0.3 is 0 Å². The number of ether oxygens (including phenoxy) is 1. The molecule has 6 nitrogen and oxygen atoms in total. The van der Waals surface area contributed by atoms with E-state index in [-0.39, 0.29) is 24.1 Å². The third kappa shape index (κ3) is 4.07. The molecule has 5 rings (SSSR count). The number of carbonyl (C=O) groups is 1. The summed E-state index contributed by atoms with van der Waals surface area (Å²) in [6.07, 6.45) is 1.91. The monoisotopic (exact) mass is 413 g/mol. The molecule has 1 aliphatic rings. The fraction of sp³-hybridized carbons (Fsp3) is 0.240. The van der Waals surface area contributed by atoms with Crippen LogP contribution in [0, 0.1) is 0 Å². The van der Waals surface area contributed by atoms with E-state index in [4.69, 9.17) is 4.74 Å². The zero-order valence-corrected chi connectivity index (χ0v) is 17.1. The molecule has 1 aliphatic heterocycles. The smallest absolute Gasteiger partial charge is 0.258 e. The zero-order valence-electron chi connectivity index (χ0n) is 17.1. The van der Waals surface area contributed by atoms with Crippen LogP contribution in [0.2, 0.25) is 0 Å². The molecule has 3 aromatic carbocycles. The highest BCUT2D eigenvalue weighted by molar-refractivity contribution is 5.98. The fourth-order valence-electron chi connectivity index (χ4n) is 4.15. The van der Waals surface area contributed by atoms with Gasteiger partial charge in [0.25, 0.3) is 11.5 Å². The first-order chi connectivity index (χ1) is 15.2. The van der Waals surface area contributed by atoms with Crippen molar-refractivity contribution < 1.29 is 9.53 Å². The summed E-state index contributed by atoms with van der Waals surface area (Å²) < 4.78 is 5.79.